The van der Waals surface area contributed by atoms with E-state index < -0.39 is 0 Å². The maximum Gasteiger partial charge on any atom is 0.338 e. The Balaban J connectivity index is 1.25. The predicted molar refractivity (Wildman–Crippen MR) is 146 cm³/mol. The molecule has 36 heavy (non-hydrogen) atoms. The summed E-state index contributed by atoms with van der Waals surface area (Å²) in [5, 5.41) is 0. The Bertz CT molecular complexity index is 954. The Morgan fingerprint density at radius 1 is 1.03 bits per heavy atom. The van der Waals surface area contributed by atoms with Gasteiger partial charge in [-0.25, -0.2) is 4.79 Å². The first kappa shape index (κ1) is 26.0. The highest BCUT2D eigenvalue weighted by Crippen LogP contribution is 2.67. The fourth-order valence-corrected chi connectivity index (χ4v) is 9.46. The number of carbonyl (C=O) groups excluding carboxylic acids is 1. The molecule has 4 aliphatic rings. The zero-order valence-electron chi connectivity index (χ0n) is 23.5. The quantitative estimate of drug-likeness (QED) is 0.283. The third-order valence-electron chi connectivity index (χ3n) is 11.4. The monoisotopic (exact) mass is 491 g/mol. The lowest BCUT2D eigenvalue weighted by Crippen LogP contribution is -2.51. The number of aromatic nitrogens is 1. The molecular weight excluding hydrogens is 442 g/mol. The summed E-state index contributed by atoms with van der Waals surface area (Å²) in [6.07, 6.45) is 20.2. The fourth-order valence-electron chi connectivity index (χ4n) is 9.46. The van der Waals surface area contributed by atoms with E-state index in [0.717, 1.165) is 54.8 Å². The average molecular weight is 492 g/mol. The van der Waals surface area contributed by atoms with Crippen molar-refractivity contribution < 1.29 is 9.53 Å². The normalized spacial score (nSPS) is 38.5. The number of hydrogen-bond acceptors (Lipinski definition) is 3. The molecule has 4 aliphatic carbocycles. The van der Waals surface area contributed by atoms with Crippen LogP contribution in [0.4, 0.5) is 0 Å². The van der Waals surface area contributed by atoms with E-state index in [2.05, 4.69) is 45.7 Å². The molecule has 0 amide bonds. The van der Waals surface area contributed by atoms with Gasteiger partial charge in [-0.15, -0.1) is 0 Å². The van der Waals surface area contributed by atoms with Crippen LogP contribution in [0.2, 0.25) is 0 Å². The van der Waals surface area contributed by atoms with Gasteiger partial charge in [-0.1, -0.05) is 65.5 Å². The van der Waals surface area contributed by atoms with Crippen molar-refractivity contribution in [3.63, 3.8) is 0 Å². The molecule has 0 N–H and O–H groups in total. The van der Waals surface area contributed by atoms with E-state index in [9.17, 15) is 4.79 Å². The van der Waals surface area contributed by atoms with Crippen LogP contribution in [0.5, 0.6) is 0 Å². The van der Waals surface area contributed by atoms with Crippen LogP contribution in [0.15, 0.2) is 36.2 Å². The van der Waals surface area contributed by atoms with Crippen molar-refractivity contribution >= 4 is 5.97 Å². The molecule has 3 fully saturated rings. The van der Waals surface area contributed by atoms with Gasteiger partial charge in [-0.2, -0.15) is 0 Å². The zero-order chi connectivity index (χ0) is 25.5. The van der Waals surface area contributed by atoms with Crippen LogP contribution >= 0.6 is 0 Å². The van der Waals surface area contributed by atoms with Gasteiger partial charge in [0, 0.05) is 18.8 Å². The first-order chi connectivity index (χ1) is 17.2. The van der Waals surface area contributed by atoms with Crippen LogP contribution in [0.3, 0.4) is 0 Å². The Labute approximate surface area is 219 Å². The summed E-state index contributed by atoms with van der Waals surface area (Å²) >= 11 is 0. The number of hydrogen-bond donors (Lipinski definition) is 0. The highest BCUT2D eigenvalue weighted by molar-refractivity contribution is 5.89. The zero-order valence-corrected chi connectivity index (χ0v) is 23.5. The molecule has 1 heterocycles. The lowest BCUT2D eigenvalue weighted by molar-refractivity contribution is -0.0594. The van der Waals surface area contributed by atoms with E-state index in [1.54, 1.807) is 30.1 Å². The third-order valence-corrected chi connectivity index (χ3v) is 11.4. The molecule has 0 radical (unpaired) electrons. The maximum atomic E-state index is 12.7. The first-order valence-electron chi connectivity index (χ1n) is 15.0. The summed E-state index contributed by atoms with van der Waals surface area (Å²) in [5.74, 6) is 4.96. The predicted octanol–water partition coefficient (Wildman–Crippen LogP) is 8.65. The van der Waals surface area contributed by atoms with Crippen molar-refractivity contribution in [1.29, 1.82) is 0 Å². The number of esters is 1. The third kappa shape index (κ3) is 4.69. The Morgan fingerprint density at radius 3 is 2.56 bits per heavy atom. The minimum atomic E-state index is -0.201. The summed E-state index contributed by atoms with van der Waals surface area (Å²) in [7, 11) is 0. The average Bonchev–Trinajstić information content (AvgIpc) is 3.22. The number of pyridine rings is 1. The van der Waals surface area contributed by atoms with Crippen molar-refractivity contribution in [2.45, 2.75) is 111 Å². The van der Waals surface area contributed by atoms with Gasteiger partial charge in [0.2, 0.25) is 0 Å². The van der Waals surface area contributed by atoms with Gasteiger partial charge in [-0.3, -0.25) is 4.98 Å². The molecule has 1 aromatic rings. The Hall–Kier alpha value is -1.64. The molecule has 4 unspecified atom stereocenters. The molecule has 0 aromatic carbocycles. The van der Waals surface area contributed by atoms with Crippen molar-refractivity contribution in [2.24, 2.45) is 46.3 Å². The van der Waals surface area contributed by atoms with E-state index in [1.807, 2.05) is 0 Å². The lowest BCUT2D eigenvalue weighted by atomic mass is 9.47. The van der Waals surface area contributed by atoms with Crippen LogP contribution in [0.1, 0.15) is 116 Å². The largest absolute Gasteiger partial charge is 0.458 e. The smallest absolute Gasteiger partial charge is 0.338 e. The highest BCUT2D eigenvalue weighted by Gasteiger charge is 2.59. The second-order valence-electron chi connectivity index (χ2n) is 13.8. The maximum absolute atomic E-state index is 12.7. The first-order valence-corrected chi connectivity index (χ1v) is 15.0. The van der Waals surface area contributed by atoms with Crippen LogP contribution in [0, 0.1) is 46.3 Å². The van der Waals surface area contributed by atoms with Crippen molar-refractivity contribution in [3.8, 4) is 0 Å². The van der Waals surface area contributed by atoms with E-state index >= 15 is 0 Å². The van der Waals surface area contributed by atoms with Gasteiger partial charge in [0.15, 0.2) is 0 Å². The second-order valence-corrected chi connectivity index (χ2v) is 13.8. The molecule has 0 bridgehead atoms. The molecule has 3 heteroatoms. The molecule has 1 aromatic heterocycles. The summed E-state index contributed by atoms with van der Waals surface area (Å²) in [5.41, 5.74) is 3.03. The van der Waals surface area contributed by atoms with Crippen molar-refractivity contribution in [2.75, 3.05) is 0 Å². The lowest BCUT2D eigenvalue weighted by Gasteiger charge is -2.58. The van der Waals surface area contributed by atoms with E-state index in [1.165, 1.54) is 51.4 Å². The molecule has 3 nitrogen and oxygen atoms in total. The van der Waals surface area contributed by atoms with Gasteiger partial charge in [0.25, 0.3) is 0 Å². The molecule has 8 atom stereocenters. The van der Waals surface area contributed by atoms with Gasteiger partial charge in [0.1, 0.15) is 6.10 Å². The number of nitrogens with zero attached hydrogens (tertiary/aromatic N) is 1. The Kier molecular flexibility index (Phi) is 7.40. The fraction of sp³-hybridized carbons (Fsp3) is 0.758. The van der Waals surface area contributed by atoms with Crippen LogP contribution < -0.4 is 0 Å². The number of allylic oxidation sites excluding steroid dienone is 1. The van der Waals surface area contributed by atoms with Gasteiger partial charge in [0.05, 0.1) is 5.56 Å². The highest BCUT2D eigenvalue weighted by atomic mass is 16.5. The van der Waals surface area contributed by atoms with Gasteiger partial charge in [-0.05, 0) is 103 Å². The van der Waals surface area contributed by atoms with E-state index in [4.69, 9.17) is 4.74 Å². The molecule has 0 saturated heterocycles. The topological polar surface area (TPSA) is 39.2 Å². The minimum Gasteiger partial charge on any atom is -0.458 e. The van der Waals surface area contributed by atoms with Gasteiger partial charge < -0.3 is 4.74 Å². The molecule has 5 rings (SSSR count). The molecule has 198 valence electrons. The number of fused-ring (bicyclic) bond motifs is 5. The summed E-state index contributed by atoms with van der Waals surface area (Å²) in [6.45, 7) is 12.5. The van der Waals surface area contributed by atoms with Crippen LogP contribution in [-0.4, -0.2) is 17.1 Å². The molecule has 0 aliphatic heterocycles. The molecule has 0 spiro atoms. The summed E-state index contributed by atoms with van der Waals surface area (Å²) in [4.78, 5) is 16.7. The number of rotatable bonds is 7. The SMILES string of the molecule is CC(C)CCC[C@@H](C)[C@H]1CCC2C3CC=C4CC(OC(=O)c5ccncc5)CC[C@]4(C)C3CC[C@@]21C. The van der Waals surface area contributed by atoms with Crippen LogP contribution in [0.25, 0.3) is 0 Å². The van der Waals surface area contributed by atoms with Gasteiger partial charge >= 0.3 is 5.97 Å². The van der Waals surface area contributed by atoms with Crippen LogP contribution in [-0.2, 0) is 4.74 Å². The second kappa shape index (κ2) is 10.3. The summed E-state index contributed by atoms with van der Waals surface area (Å²) in [6, 6.07) is 3.50. The number of carbonyl (C=O) groups is 1. The van der Waals surface area contributed by atoms with Crippen molar-refractivity contribution in [1.82, 2.24) is 4.98 Å². The standard InChI is InChI=1S/C33H49NO2/c1-22(2)7-6-8-23(3)28-11-12-29-27-10-9-25-21-26(36-31(35)24-15-19-34-20-16-24)13-17-32(25,4)30(27)14-18-33(28,29)5/h9,15-16,19-20,22-23,26-30H,6-8,10-14,17-18,21H2,1-5H3/t23-,26?,27?,28-,29?,30?,32+,33-/m1/s1. The van der Waals surface area contributed by atoms with E-state index in [0.29, 0.717) is 16.4 Å². The molecule has 3 saturated carbocycles. The van der Waals surface area contributed by atoms with E-state index in [-0.39, 0.29) is 12.1 Å². The number of ether oxygens (including phenoxy) is 1. The minimum absolute atomic E-state index is 0.0120. The van der Waals surface area contributed by atoms with Crippen molar-refractivity contribution in [3.05, 3.63) is 41.7 Å². The molecular formula is C33H49NO2. The summed E-state index contributed by atoms with van der Waals surface area (Å²) < 4.78 is 5.97. The Morgan fingerprint density at radius 2 is 1.81 bits per heavy atom.